The second kappa shape index (κ2) is 15.2. The van der Waals surface area contributed by atoms with E-state index < -0.39 is 17.6 Å². The third-order valence-electron chi connectivity index (χ3n) is 7.44. The number of hydrogen-bond acceptors (Lipinski definition) is 8. The van der Waals surface area contributed by atoms with Crippen LogP contribution >= 0.6 is 0 Å². The van der Waals surface area contributed by atoms with Gasteiger partial charge >= 0.3 is 11.8 Å². The van der Waals surface area contributed by atoms with Crippen molar-refractivity contribution in [3.8, 4) is 28.7 Å². The number of nitrogens with one attached hydrogen (secondary N) is 3. The van der Waals surface area contributed by atoms with Crippen molar-refractivity contribution < 1.29 is 32.9 Å². The predicted octanol–water partition coefficient (Wildman–Crippen LogP) is 5.25. The number of piperidine rings is 1. The highest BCUT2D eigenvalue weighted by molar-refractivity contribution is 6.39. The van der Waals surface area contributed by atoms with Crippen molar-refractivity contribution in [2.24, 2.45) is 5.92 Å². The van der Waals surface area contributed by atoms with Crippen molar-refractivity contribution in [1.82, 2.24) is 15.6 Å². The molecule has 2 heterocycles. The molecule has 0 unspecified atom stereocenters. The summed E-state index contributed by atoms with van der Waals surface area (Å²) in [5, 5.41) is 8.97. The number of carbonyl (C=O) groups excluding carboxylic acids is 2. The zero-order valence-corrected chi connectivity index (χ0v) is 25.4. The Labute approximate surface area is 261 Å². The molecule has 3 N–H and O–H groups in total. The Balaban J connectivity index is 1.19. The molecule has 0 aliphatic carbocycles. The fourth-order valence-electron chi connectivity index (χ4n) is 5.07. The van der Waals surface area contributed by atoms with Crippen LogP contribution in [-0.4, -0.2) is 56.8 Å². The number of aromatic nitrogens is 1. The molecule has 1 fully saturated rings. The number of anilines is 1. The Morgan fingerprint density at radius 3 is 2.58 bits per heavy atom. The minimum absolute atomic E-state index is 0.0653. The number of pyridine rings is 1. The molecule has 1 saturated heterocycles. The lowest BCUT2D eigenvalue weighted by molar-refractivity contribution is -0.136. The normalized spacial score (nSPS) is 13.2. The summed E-state index contributed by atoms with van der Waals surface area (Å²) in [4.78, 5) is 29.2. The van der Waals surface area contributed by atoms with Crippen LogP contribution in [0.1, 0.15) is 25.3 Å². The highest BCUT2D eigenvalue weighted by Gasteiger charge is 2.18. The number of nitrogens with zero attached hydrogens (tertiary/aromatic N) is 1. The molecule has 0 radical (unpaired) electrons. The molecule has 10 nitrogen and oxygen atoms in total. The molecule has 4 aromatic rings. The summed E-state index contributed by atoms with van der Waals surface area (Å²) in [6.07, 6.45) is 4.20. The molecule has 0 spiro atoms. The van der Waals surface area contributed by atoms with Gasteiger partial charge in [0.1, 0.15) is 11.5 Å². The molecule has 1 aliphatic rings. The summed E-state index contributed by atoms with van der Waals surface area (Å²) in [5.41, 5.74) is 1.67. The standard InChI is InChI=1S/C34H37FN4O6/c1-3-43-25-6-4-5-22(17-25)11-15-38-33(40)34(41)39-24-7-8-30(27(35)18-24)45-29-12-16-37-28-20-32(31(42-2)19-26(28)29)44-21-23-9-13-36-14-10-23/h4-8,12,16-20,23,36H,3,9-11,13-15,21H2,1-2H3,(H,38,40)(H,39,41). The van der Waals surface area contributed by atoms with Gasteiger partial charge in [-0.2, -0.15) is 0 Å². The lowest BCUT2D eigenvalue weighted by Gasteiger charge is -2.23. The molecule has 0 atom stereocenters. The van der Waals surface area contributed by atoms with Crippen molar-refractivity contribution in [3.63, 3.8) is 0 Å². The summed E-state index contributed by atoms with van der Waals surface area (Å²) in [7, 11) is 1.56. The maximum Gasteiger partial charge on any atom is 0.313 e. The number of benzene rings is 3. The Morgan fingerprint density at radius 1 is 0.956 bits per heavy atom. The van der Waals surface area contributed by atoms with Crippen LogP contribution < -0.4 is 34.9 Å². The number of halogens is 1. The molecule has 3 aromatic carbocycles. The van der Waals surface area contributed by atoms with Gasteiger partial charge in [-0.05, 0) is 87.2 Å². The van der Waals surface area contributed by atoms with Crippen LogP contribution in [-0.2, 0) is 16.0 Å². The first kappa shape index (κ1) is 31.5. The van der Waals surface area contributed by atoms with E-state index in [4.69, 9.17) is 18.9 Å². The first-order valence-corrected chi connectivity index (χ1v) is 15.0. The second-order valence-electron chi connectivity index (χ2n) is 10.6. The van der Waals surface area contributed by atoms with Crippen LogP contribution in [0, 0.1) is 11.7 Å². The SMILES string of the molecule is CCOc1cccc(CCNC(=O)C(=O)Nc2ccc(Oc3ccnc4cc(OCC5CCNCC5)c(OC)cc34)c(F)c2)c1. The molecular weight excluding hydrogens is 579 g/mol. The quantitative estimate of drug-likeness (QED) is 0.185. The van der Waals surface area contributed by atoms with Crippen LogP contribution in [0.25, 0.3) is 10.9 Å². The van der Waals surface area contributed by atoms with E-state index in [1.807, 2.05) is 31.2 Å². The number of methoxy groups -OCH3 is 1. The topological polar surface area (TPSA) is 120 Å². The first-order valence-electron chi connectivity index (χ1n) is 15.0. The zero-order chi connectivity index (χ0) is 31.6. The molecule has 1 aliphatic heterocycles. The van der Waals surface area contributed by atoms with Gasteiger partial charge in [0.05, 0.1) is 25.8 Å². The molecular formula is C34H37FN4O6. The average Bonchev–Trinajstić information content (AvgIpc) is 3.05. The molecule has 0 saturated carbocycles. The van der Waals surface area contributed by atoms with Crippen molar-refractivity contribution in [1.29, 1.82) is 0 Å². The van der Waals surface area contributed by atoms with Gasteiger partial charge in [-0.25, -0.2) is 4.39 Å². The third-order valence-corrected chi connectivity index (χ3v) is 7.44. The lowest BCUT2D eigenvalue weighted by Crippen LogP contribution is -2.36. The molecule has 45 heavy (non-hydrogen) atoms. The number of ether oxygens (including phenoxy) is 4. The van der Waals surface area contributed by atoms with Gasteiger partial charge in [-0.3, -0.25) is 14.6 Å². The van der Waals surface area contributed by atoms with E-state index in [0.29, 0.717) is 53.7 Å². The maximum absolute atomic E-state index is 15.1. The number of carbonyl (C=O) groups is 2. The van der Waals surface area contributed by atoms with Crippen LogP contribution in [0.2, 0.25) is 0 Å². The molecule has 236 valence electrons. The second-order valence-corrected chi connectivity index (χ2v) is 10.6. The minimum Gasteiger partial charge on any atom is -0.494 e. The van der Waals surface area contributed by atoms with E-state index in [2.05, 4.69) is 20.9 Å². The van der Waals surface area contributed by atoms with Crippen molar-refractivity contribution in [2.45, 2.75) is 26.2 Å². The number of rotatable bonds is 12. The van der Waals surface area contributed by atoms with E-state index in [-0.39, 0.29) is 18.0 Å². The van der Waals surface area contributed by atoms with Crippen molar-refractivity contribution in [2.75, 3.05) is 45.3 Å². The third kappa shape index (κ3) is 8.39. The van der Waals surface area contributed by atoms with E-state index >= 15 is 4.39 Å². The molecule has 0 bridgehead atoms. The van der Waals surface area contributed by atoms with E-state index in [0.717, 1.165) is 43.3 Å². The van der Waals surface area contributed by atoms with Gasteiger partial charge in [0.25, 0.3) is 0 Å². The van der Waals surface area contributed by atoms with Crippen LogP contribution in [0.5, 0.6) is 28.7 Å². The fraction of sp³-hybridized carbons (Fsp3) is 0.324. The van der Waals surface area contributed by atoms with E-state index in [1.165, 1.54) is 12.1 Å². The Bertz CT molecular complexity index is 1640. The van der Waals surface area contributed by atoms with Gasteiger partial charge < -0.3 is 34.9 Å². The largest absolute Gasteiger partial charge is 0.494 e. The Hall–Kier alpha value is -4.90. The van der Waals surface area contributed by atoms with Gasteiger partial charge in [0, 0.05) is 35.9 Å². The van der Waals surface area contributed by atoms with E-state index in [9.17, 15) is 9.59 Å². The zero-order valence-electron chi connectivity index (χ0n) is 25.4. The summed E-state index contributed by atoms with van der Waals surface area (Å²) < 4.78 is 38.2. The molecule has 5 rings (SSSR count). The highest BCUT2D eigenvalue weighted by atomic mass is 19.1. The smallest absolute Gasteiger partial charge is 0.313 e. The van der Waals surface area contributed by atoms with Gasteiger partial charge in [0.15, 0.2) is 23.1 Å². The van der Waals surface area contributed by atoms with Gasteiger partial charge in [0.2, 0.25) is 0 Å². The van der Waals surface area contributed by atoms with Gasteiger partial charge in [-0.1, -0.05) is 12.1 Å². The number of hydrogen-bond donors (Lipinski definition) is 3. The minimum atomic E-state index is -0.906. The Kier molecular flexibility index (Phi) is 10.7. The number of amides is 2. The average molecular weight is 617 g/mol. The summed E-state index contributed by atoms with van der Waals surface area (Å²) in [6.45, 7) is 5.25. The maximum atomic E-state index is 15.1. The molecule has 2 amide bonds. The van der Waals surface area contributed by atoms with Crippen molar-refractivity contribution in [3.05, 3.63) is 78.2 Å². The first-order chi connectivity index (χ1) is 21.9. The predicted molar refractivity (Wildman–Crippen MR) is 169 cm³/mol. The fourth-order valence-corrected chi connectivity index (χ4v) is 5.07. The molecule has 1 aromatic heterocycles. The number of fused-ring (bicyclic) bond motifs is 1. The Morgan fingerprint density at radius 2 is 1.80 bits per heavy atom. The van der Waals surface area contributed by atoms with Crippen LogP contribution in [0.15, 0.2) is 66.9 Å². The summed E-state index contributed by atoms with van der Waals surface area (Å²) >= 11 is 0. The van der Waals surface area contributed by atoms with Crippen molar-refractivity contribution >= 4 is 28.4 Å². The lowest BCUT2D eigenvalue weighted by atomic mass is 9.99. The van der Waals surface area contributed by atoms with Crippen LogP contribution in [0.3, 0.4) is 0 Å². The van der Waals surface area contributed by atoms with Crippen LogP contribution in [0.4, 0.5) is 10.1 Å². The van der Waals surface area contributed by atoms with E-state index in [1.54, 1.807) is 31.5 Å². The summed E-state index contributed by atoms with van der Waals surface area (Å²) in [6, 6.07) is 16.6. The highest BCUT2D eigenvalue weighted by Crippen LogP contribution is 2.38. The van der Waals surface area contributed by atoms with Gasteiger partial charge in [-0.15, -0.1) is 0 Å². The molecule has 11 heteroatoms. The monoisotopic (exact) mass is 616 g/mol. The summed E-state index contributed by atoms with van der Waals surface area (Å²) in [5.74, 6) is 0.158.